The van der Waals surface area contributed by atoms with Crippen molar-refractivity contribution >= 4 is 22.5 Å². The zero-order valence-corrected chi connectivity index (χ0v) is 13.1. The number of hydrogen-bond acceptors (Lipinski definition) is 2. The lowest BCUT2D eigenvalue weighted by Gasteiger charge is -2.28. The zero-order valence-electron chi connectivity index (χ0n) is 13.1. The van der Waals surface area contributed by atoms with Crippen molar-refractivity contribution in [3.63, 3.8) is 0 Å². The maximum absolute atomic E-state index is 13.7. The summed E-state index contributed by atoms with van der Waals surface area (Å²) >= 11 is 0. The molecule has 1 aliphatic rings. The molecular weight excluding hydrogens is 307 g/mol. The number of carbonyl (C=O) groups excluding carboxylic acids is 1. The van der Waals surface area contributed by atoms with E-state index in [9.17, 15) is 14.3 Å². The van der Waals surface area contributed by atoms with Crippen LogP contribution in [0.15, 0.2) is 48.5 Å². The number of aliphatic hydroxyl groups is 1. The van der Waals surface area contributed by atoms with Gasteiger partial charge in [0.15, 0.2) is 0 Å². The number of anilines is 1. The third kappa shape index (κ3) is 2.20. The molecule has 0 atom stereocenters. The van der Waals surface area contributed by atoms with Crippen molar-refractivity contribution in [2.75, 3.05) is 18.1 Å². The number of aromatic nitrogens is 1. The lowest BCUT2D eigenvalue weighted by atomic mass is 10.0. The Kier molecular flexibility index (Phi) is 3.58. The van der Waals surface area contributed by atoms with Gasteiger partial charge in [0, 0.05) is 29.7 Å². The first-order chi connectivity index (χ1) is 11.7. The molecule has 122 valence electrons. The Labute approximate surface area is 138 Å². The van der Waals surface area contributed by atoms with Gasteiger partial charge < -0.3 is 14.6 Å². The quantitative estimate of drug-likeness (QED) is 0.805. The van der Waals surface area contributed by atoms with Gasteiger partial charge in [0.1, 0.15) is 11.5 Å². The van der Waals surface area contributed by atoms with Crippen molar-refractivity contribution in [3.8, 4) is 0 Å². The predicted molar refractivity (Wildman–Crippen MR) is 90.8 cm³/mol. The van der Waals surface area contributed by atoms with Crippen molar-refractivity contribution in [2.45, 2.75) is 13.0 Å². The molecule has 0 aliphatic carbocycles. The van der Waals surface area contributed by atoms with E-state index in [1.807, 2.05) is 34.9 Å². The fraction of sp³-hybridized carbons (Fsp3) is 0.211. The average Bonchev–Trinajstić information content (AvgIpc) is 2.90. The number of benzene rings is 2. The van der Waals surface area contributed by atoms with E-state index in [0.717, 1.165) is 22.2 Å². The second kappa shape index (κ2) is 5.76. The number of hydrogen-bond donors (Lipinski definition) is 1. The summed E-state index contributed by atoms with van der Waals surface area (Å²) in [5.41, 5.74) is 3.06. The Morgan fingerprint density at radius 2 is 1.92 bits per heavy atom. The van der Waals surface area contributed by atoms with Crippen LogP contribution in [0, 0.1) is 5.82 Å². The van der Waals surface area contributed by atoms with Gasteiger partial charge in [0.25, 0.3) is 5.91 Å². The minimum Gasteiger partial charge on any atom is -0.395 e. The molecule has 4 nitrogen and oxygen atoms in total. The molecule has 1 amide bonds. The smallest absolute Gasteiger partial charge is 0.275 e. The van der Waals surface area contributed by atoms with Gasteiger partial charge in [-0.05, 0) is 42.3 Å². The Morgan fingerprint density at radius 3 is 2.67 bits per heavy atom. The van der Waals surface area contributed by atoms with Crippen LogP contribution in [-0.2, 0) is 13.0 Å². The van der Waals surface area contributed by atoms with E-state index in [1.165, 1.54) is 12.1 Å². The molecule has 0 saturated carbocycles. The van der Waals surface area contributed by atoms with Gasteiger partial charge in [-0.2, -0.15) is 0 Å². The summed E-state index contributed by atoms with van der Waals surface area (Å²) in [5, 5.41) is 10.2. The maximum atomic E-state index is 13.7. The Morgan fingerprint density at radius 1 is 1.12 bits per heavy atom. The van der Waals surface area contributed by atoms with Crippen LogP contribution in [0.2, 0.25) is 0 Å². The highest BCUT2D eigenvalue weighted by Crippen LogP contribution is 2.33. The molecule has 1 N–H and O–H groups in total. The molecule has 0 bridgehead atoms. The van der Waals surface area contributed by atoms with Crippen LogP contribution in [0.4, 0.5) is 10.1 Å². The summed E-state index contributed by atoms with van der Waals surface area (Å²) in [6.07, 6.45) is 0.661. The van der Waals surface area contributed by atoms with Crippen molar-refractivity contribution in [2.24, 2.45) is 0 Å². The topological polar surface area (TPSA) is 45.5 Å². The van der Waals surface area contributed by atoms with Crippen molar-refractivity contribution in [3.05, 3.63) is 65.6 Å². The first-order valence-corrected chi connectivity index (χ1v) is 7.99. The van der Waals surface area contributed by atoms with E-state index in [1.54, 1.807) is 11.0 Å². The Bertz CT molecular complexity index is 918. The lowest BCUT2D eigenvalue weighted by Crippen LogP contribution is -2.38. The van der Waals surface area contributed by atoms with Gasteiger partial charge in [-0.3, -0.25) is 4.79 Å². The van der Waals surface area contributed by atoms with E-state index in [-0.39, 0.29) is 18.3 Å². The molecule has 0 fully saturated rings. The SMILES string of the molecule is O=C1c2c(c3cc(F)ccc3n2CCO)CCN1c1ccccc1. The summed E-state index contributed by atoms with van der Waals surface area (Å²) in [7, 11) is 0. The monoisotopic (exact) mass is 324 g/mol. The summed E-state index contributed by atoms with van der Waals surface area (Å²) < 4.78 is 15.5. The molecule has 0 unspecified atom stereocenters. The number of nitrogens with zero attached hydrogens (tertiary/aromatic N) is 2. The minimum atomic E-state index is -0.315. The number of amides is 1. The van der Waals surface area contributed by atoms with Crippen molar-refractivity contribution in [1.82, 2.24) is 4.57 Å². The van der Waals surface area contributed by atoms with E-state index in [4.69, 9.17) is 0 Å². The normalized spacial score (nSPS) is 14.2. The molecule has 0 spiro atoms. The van der Waals surface area contributed by atoms with Gasteiger partial charge in [-0.15, -0.1) is 0 Å². The van der Waals surface area contributed by atoms with Crippen molar-refractivity contribution in [1.29, 1.82) is 0 Å². The lowest BCUT2D eigenvalue weighted by molar-refractivity contribution is 0.0970. The van der Waals surface area contributed by atoms with Gasteiger partial charge in [-0.1, -0.05) is 18.2 Å². The van der Waals surface area contributed by atoms with E-state index in [0.29, 0.717) is 25.2 Å². The standard InChI is InChI=1S/C19H17FN2O2/c20-13-6-7-17-16(12-13)15-8-9-21(14-4-2-1-3-5-14)19(24)18(15)22(17)10-11-23/h1-7,12,23H,8-11H2. The van der Waals surface area contributed by atoms with E-state index < -0.39 is 0 Å². The summed E-state index contributed by atoms with van der Waals surface area (Å²) in [6.45, 7) is 0.794. The molecule has 2 aromatic carbocycles. The number of aliphatic hydroxyl groups excluding tert-OH is 1. The summed E-state index contributed by atoms with van der Waals surface area (Å²) in [4.78, 5) is 14.8. The van der Waals surface area contributed by atoms with Gasteiger partial charge in [-0.25, -0.2) is 4.39 Å². The van der Waals surface area contributed by atoms with E-state index >= 15 is 0 Å². The molecule has 2 heterocycles. The number of carbonyl (C=O) groups is 1. The molecule has 5 heteroatoms. The number of para-hydroxylation sites is 1. The first-order valence-electron chi connectivity index (χ1n) is 7.99. The van der Waals surface area contributed by atoms with Crippen LogP contribution in [0.25, 0.3) is 10.9 Å². The molecule has 1 aliphatic heterocycles. The molecular formula is C19H17FN2O2. The highest BCUT2D eigenvalue weighted by Gasteiger charge is 2.31. The average molecular weight is 324 g/mol. The van der Waals surface area contributed by atoms with Crippen LogP contribution < -0.4 is 4.90 Å². The third-order valence-corrected chi connectivity index (χ3v) is 4.55. The molecule has 0 saturated heterocycles. The summed E-state index contributed by atoms with van der Waals surface area (Å²) in [6, 6.07) is 14.1. The fourth-order valence-electron chi connectivity index (χ4n) is 3.53. The molecule has 24 heavy (non-hydrogen) atoms. The first kappa shape index (κ1) is 14.9. The number of fused-ring (bicyclic) bond motifs is 3. The van der Waals surface area contributed by atoms with Crippen LogP contribution in [0.5, 0.6) is 0 Å². The predicted octanol–water partition coefficient (Wildman–Crippen LogP) is 2.98. The third-order valence-electron chi connectivity index (χ3n) is 4.55. The number of halogens is 1. The highest BCUT2D eigenvalue weighted by molar-refractivity contribution is 6.11. The second-order valence-electron chi connectivity index (χ2n) is 5.91. The van der Waals surface area contributed by atoms with Crippen LogP contribution >= 0.6 is 0 Å². The minimum absolute atomic E-state index is 0.0772. The van der Waals surface area contributed by atoms with Gasteiger partial charge >= 0.3 is 0 Å². The molecule has 4 rings (SSSR count). The van der Waals surface area contributed by atoms with Gasteiger partial charge in [0.05, 0.1) is 6.61 Å². The molecule has 3 aromatic rings. The van der Waals surface area contributed by atoms with Crippen molar-refractivity contribution < 1.29 is 14.3 Å². The second-order valence-corrected chi connectivity index (χ2v) is 5.91. The Balaban J connectivity index is 1.90. The fourth-order valence-corrected chi connectivity index (χ4v) is 3.53. The Hall–Kier alpha value is -2.66. The zero-order chi connectivity index (χ0) is 16.7. The van der Waals surface area contributed by atoms with Crippen LogP contribution in [0.3, 0.4) is 0 Å². The molecule has 0 radical (unpaired) electrons. The molecule has 1 aromatic heterocycles. The van der Waals surface area contributed by atoms with Crippen LogP contribution in [0.1, 0.15) is 16.1 Å². The number of rotatable bonds is 3. The largest absolute Gasteiger partial charge is 0.395 e. The maximum Gasteiger partial charge on any atom is 0.275 e. The van der Waals surface area contributed by atoms with Crippen LogP contribution in [-0.4, -0.2) is 28.7 Å². The van der Waals surface area contributed by atoms with E-state index in [2.05, 4.69) is 0 Å². The summed E-state index contributed by atoms with van der Waals surface area (Å²) in [5.74, 6) is -0.420. The van der Waals surface area contributed by atoms with Gasteiger partial charge in [0.2, 0.25) is 0 Å². The highest BCUT2D eigenvalue weighted by atomic mass is 19.1.